The fraction of sp³-hybridized carbons (Fsp3) is 0.435. The molecule has 0 spiro atoms. The normalized spacial score (nSPS) is 17.4. The summed E-state index contributed by atoms with van der Waals surface area (Å²) in [6, 6.07) is 5.24. The number of rotatable bonds is 5. The van der Waals surface area contributed by atoms with Gasteiger partial charge >= 0.3 is 6.18 Å². The minimum atomic E-state index is -4.33. The second-order valence-electron chi connectivity index (χ2n) is 7.77. The second kappa shape index (κ2) is 8.30. The van der Waals surface area contributed by atoms with Crippen LogP contribution in [0.15, 0.2) is 47.7 Å². The van der Waals surface area contributed by atoms with E-state index in [9.17, 15) is 13.2 Å². The van der Waals surface area contributed by atoms with E-state index in [1.54, 1.807) is 0 Å². The van der Waals surface area contributed by atoms with Crippen molar-refractivity contribution in [2.24, 2.45) is 7.05 Å². The van der Waals surface area contributed by atoms with Gasteiger partial charge in [-0.2, -0.15) is 13.2 Å². The van der Waals surface area contributed by atoms with E-state index in [2.05, 4.69) is 17.1 Å². The number of aromatic nitrogens is 2. The molecule has 160 valence electrons. The molecule has 7 heteroatoms. The Labute approximate surface area is 174 Å². The Morgan fingerprint density at radius 1 is 1.13 bits per heavy atom. The Kier molecular flexibility index (Phi) is 5.73. The SMILES string of the molecule is CCOC1=C(CN2CCc3nc(-c4ccc(C(F)(F)F)cc4)n(C)c3C2)CCC=C1. The molecule has 1 aliphatic heterocycles. The fourth-order valence-corrected chi connectivity index (χ4v) is 4.16. The maximum Gasteiger partial charge on any atom is 0.416 e. The number of alkyl halides is 3. The summed E-state index contributed by atoms with van der Waals surface area (Å²) in [7, 11) is 1.94. The number of fused-ring (bicyclic) bond motifs is 1. The summed E-state index contributed by atoms with van der Waals surface area (Å²) < 4.78 is 46.4. The molecule has 0 amide bonds. The second-order valence-corrected chi connectivity index (χ2v) is 7.77. The highest BCUT2D eigenvalue weighted by molar-refractivity contribution is 5.58. The third kappa shape index (κ3) is 4.17. The third-order valence-electron chi connectivity index (χ3n) is 5.75. The summed E-state index contributed by atoms with van der Waals surface area (Å²) in [4.78, 5) is 7.14. The van der Waals surface area contributed by atoms with E-state index in [1.165, 1.54) is 17.7 Å². The van der Waals surface area contributed by atoms with Crippen LogP contribution < -0.4 is 0 Å². The van der Waals surface area contributed by atoms with Crippen molar-refractivity contribution in [2.45, 2.75) is 38.9 Å². The highest BCUT2D eigenvalue weighted by Crippen LogP contribution is 2.32. The molecule has 4 rings (SSSR count). The average molecular weight is 417 g/mol. The molecule has 2 heterocycles. The Hall–Kier alpha value is -2.54. The molecule has 2 aromatic rings. The zero-order valence-corrected chi connectivity index (χ0v) is 17.3. The molecule has 0 N–H and O–H groups in total. The maximum atomic E-state index is 12.9. The molecule has 0 saturated heterocycles. The molecule has 0 radical (unpaired) electrons. The molecule has 0 fully saturated rings. The molecule has 4 nitrogen and oxygen atoms in total. The Morgan fingerprint density at radius 2 is 1.90 bits per heavy atom. The van der Waals surface area contributed by atoms with Crippen molar-refractivity contribution in [2.75, 3.05) is 19.7 Å². The molecule has 1 aliphatic carbocycles. The number of halogens is 3. The highest BCUT2D eigenvalue weighted by Gasteiger charge is 2.30. The van der Waals surface area contributed by atoms with E-state index >= 15 is 0 Å². The van der Waals surface area contributed by atoms with Crippen LogP contribution in [-0.2, 0) is 30.9 Å². The van der Waals surface area contributed by atoms with Gasteiger partial charge in [-0.25, -0.2) is 4.98 Å². The van der Waals surface area contributed by atoms with Crippen LogP contribution in [0.2, 0.25) is 0 Å². The van der Waals surface area contributed by atoms with E-state index in [4.69, 9.17) is 9.72 Å². The van der Waals surface area contributed by atoms with Crippen LogP contribution in [0.1, 0.15) is 36.7 Å². The van der Waals surface area contributed by atoms with Crippen LogP contribution in [0.3, 0.4) is 0 Å². The van der Waals surface area contributed by atoms with Gasteiger partial charge in [0.1, 0.15) is 11.6 Å². The molecule has 2 aliphatic rings. The average Bonchev–Trinajstić information content (AvgIpc) is 3.05. The molecule has 1 aromatic heterocycles. The first-order valence-corrected chi connectivity index (χ1v) is 10.3. The minimum Gasteiger partial charge on any atom is -0.494 e. The van der Waals surface area contributed by atoms with Crippen molar-refractivity contribution in [3.8, 4) is 11.4 Å². The molecule has 0 unspecified atom stereocenters. The number of hydrogen-bond donors (Lipinski definition) is 0. The van der Waals surface area contributed by atoms with Gasteiger partial charge in [-0.15, -0.1) is 0 Å². The monoisotopic (exact) mass is 417 g/mol. The van der Waals surface area contributed by atoms with Gasteiger partial charge in [0.25, 0.3) is 0 Å². The number of nitrogens with zero attached hydrogens (tertiary/aromatic N) is 3. The lowest BCUT2D eigenvalue weighted by atomic mass is 10.0. The van der Waals surface area contributed by atoms with E-state index in [1.807, 2.05) is 18.5 Å². The lowest BCUT2D eigenvalue weighted by Gasteiger charge is -2.29. The van der Waals surface area contributed by atoms with Gasteiger partial charge in [-0.3, -0.25) is 4.90 Å². The van der Waals surface area contributed by atoms with Crippen LogP contribution in [0.5, 0.6) is 0 Å². The summed E-state index contributed by atoms with van der Waals surface area (Å²) in [6.45, 7) is 5.19. The van der Waals surface area contributed by atoms with Gasteiger partial charge in [0, 0.05) is 38.7 Å². The van der Waals surface area contributed by atoms with E-state index in [0.29, 0.717) is 18.0 Å². The smallest absolute Gasteiger partial charge is 0.416 e. The van der Waals surface area contributed by atoms with Crippen LogP contribution >= 0.6 is 0 Å². The predicted octanol–water partition coefficient (Wildman–Crippen LogP) is 5.10. The summed E-state index contributed by atoms with van der Waals surface area (Å²) in [5.41, 5.74) is 3.54. The predicted molar refractivity (Wildman–Crippen MR) is 110 cm³/mol. The first kappa shape index (κ1) is 20.7. The molecular weight excluding hydrogens is 391 g/mol. The van der Waals surface area contributed by atoms with Crippen molar-refractivity contribution in [1.82, 2.24) is 14.5 Å². The third-order valence-corrected chi connectivity index (χ3v) is 5.75. The lowest BCUT2D eigenvalue weighted by molar-refractivity contribution is -0.137. The quantitative estimate of drug-likeness (QED) is 0.678. The fourth-order valence-electron chi connectivity index (χ4n) is 4.16. The lowest BCUT2D eigenvalue weighted by Crippen LogP contribution is -2.33. The summed E-state index contributed by atoms with van der Waals surface area (Å²) in [5, 5.41) is 0. The van der Waals surface area contributed by atoms with Crippen molar-refractivity contribution in [3.05, 3.63) is 64.7 Å². The van der Waals surface area contributed by atoms with Gasteiger partial charge in [-0.1, -0.05) is 18.2 Å². The number of ether oxygens (including phenoxy) is 1. The van der Waals surface area contributed by atoms with Gasteiger partial charge in [0.05, 0.1) is 23.6 Å². The van der Waals surface area contributed by atoms with Gasteiger partial charge in [0.15, 0.2) is 0 Å². The molecule has 0 saturated carbocycles. The standard InChI is InChI=1S/C23H26F3N3O/c1-3-30-21-7-5-4-6-17(21)14-29-13-12-19-20(15-29)28(2)22(27-19)16-8-10-18(11-9-16)23(24,25)26/h5,7-11H,3-4,6,12-15H2,1-2H3. The Balaban J connectivity index is 1.54. The zero-order valence-electron chi connectivity index (χ0n) is 17.3. The molecule has 0 bridgehead atoms. The van der Waals surface area contributed by atoms with Crippen molar-refractivity contribution < 1.29 is 17.9 Å². The summed E-state index contributed by atoms with van der Waals surface area (Å²) in [5.74, 6) is 1.70. The van der Waals surface area contributed by atoms with Crippen LogP contribution in [0.4, 0.5) is 13.2 Å². The Morgan fingerprint density at radius 3 is 2.60 bits per heavy atom. The summed E-state index contributed by atoms with van der Waals surface area (Å²) >= 11 is 0. The van der Waals surface area contributed by atoms with Crippen LogP contribution in [0, 0.1) is 0 Å². The van der Waals surface area contributed by atoms with E-state index in [0.717, 1.165) is 68.2 Å². The number of hydrogen-bond acceptors (Lipinski definition) is 3. The first-order chi connectivity index (χ1) is 14.4. The maximum absolute atomic E-state index is 12.9. The van der Waals surface area contributed by atoms with Gasteiger partial charge in [0.2, 0.25) is 0 Å². The molecular formula is C23H26F3N3O. The minimum absolute atomic E-state index is 0.642. The summed E-state index contributed by atoms with van der Waals surface area (Å²) in [6.07, 6.45) is 2.77. The number of allylic oxidation sites excluding steroid dienone is 2. The molecule has 0 atom stereocenters. The van der Waals surface area contributed by atoms with Crippen LogP contribution in [-0.4, -0.2) is 34.1 Å². The zero-order chi connectivity index (χ0) is 21.3. The van der Waals surface area contributed by atoms with Gasteiger partial charge in [-0.05, 0) is 43.5 Å². The van der Waals surface area contributed by atoms with Gasteiger partial charge < -0.3 is 9.30 Å². The van der Waals surface area contributed by atoms with E-state index < -0.39 is 11.7 Å². The van der Waals surface area contributed by atoms with E-state index in [-0.39, 0.29) is 0 Å². The number of benzene rings is 1. The highest BCUT2D eigenvalue weighted by atomic mass is 19.4. The molecule has 30 heavy (non-hydrogen) atoms. The first-order valence-electron chi connectivity index (χ1n) is 10.3. The largest absolute Gasteiger partial charge is 0.494 e. The Bertz CT molecular complexity index is 971. The van der Waals surface area contributed by atoms with Crippen molar-refractivity contribution in [1.29, 1.82) is 0 Å². The van der Waals surface area contributed by atoms with Crippen molar-refractivity contribution in [3.63, 3.8) is 0 Å². The van der Waals surface area contributed by atoms with Crippen LogP contribution in [0.25, 0.3) is 11.4 Å². The molecule has 1 aromatic carbocycles. The number of imidazole rings is 1. The topological polar surface area (TPSA) is 30.3 Å². The van der Waals surface area contributed by atoms with Crippen molar-refractivity contribution >= 4 is 0 Å².